The molecule has 1 aromatic heterocycles. The summed E-state index contributed by atoms with van der Waals surface area (Å²) in [6.07, 6.45) is 1.78. The molecule has 0 radical (unpaired) electrons. The Labute approximate surface area is 125 Å². The second kappa shape index (κ2) is 5.87. The van der Waals surface area contributed by atoms with Crippen molar-refractivity contribution in [1.82, 2.24) is 19.8 Å². The molecule has 6 nitrogen and oxygen atoms in total. The predicted octanol–water partition coefficient (Wildman–Crippen LogP) is 1.58. The van der Waals surface area contributed by atoms with Crippen LogP contribution in [0.1, 0.15) is 57.0 Å². The average molecular weight is 292 g/mol. The van der Waals surface area contributed by atoms with Gasteiger partial charge in [-0.1, -0.05) is 13.8 Å². The summed E-state index contributed by atoms with van der Waals surface area (Å²) in [5.41, 5.74) is 0.421. The van der Waals surface area contributed by atoms with Crippen LogP contribution in [0.15, 0.2) is 6.20 Å². The van der Waals surface area contributed by atoms with Crippen molar-refractivity contribution in [1.29, 1.82) is 0 Å². The summed E-state index contributed by atoms with van der Waals surface area (Å²) in [6, 6.07) is -0.0260. The van der Waals surface area contributed by atoms with Crippen LogP contribution in [0.4, 0.5) is 0 Å². The summed E-state index contributed by atoms with van der Waals surface area (Å²) in [5, 5.41) is 2.84. The lowest BCUT2D eigenvalue weighted by Gasteiger charge is -2.34. The highest BCUT2D eigenvalue weighted by Gasteiger charge is 2.31. The number of fused-ring (bicyclic) bond motifs is 1. The molecule has 2 rings (SSSR count). The first-order chi connectivity index (χ1) is 9.81. The first-order valence-corrected chi connectivity index (χ1v) is 7.49. The molecule has 0 fully saturated rings. The molecule has 1 aliphatic rings. The first-order valence-electron chi connectivity index (χ1n) is 7.49. The summed E-state index contributed by atoms with van der Waals surface area (Å²) in [6.45, 7) is 10.9. The molecule has 2 heterocycles. The Hall–Kier alpha value is -1.85. The number of hydrogen-bond acceptors (Lipinski definition) is 3. The van der Waals surface area contributed by atoms with E-state index in [1.807, 2.05) is 44.1 Å². The maximum Gasteiger partial charge on any atom is 0.271 e. The van der Waals surface area contributed by atoms with E-state index in [4.69, 9.17) is 0 Å². The van der Waals surface area contributed by atoms with E-state index in [1.165, 1.54) is 0 Å². The number of hydrogen-bond donors (Lipinski definition) is 1. The summed E-state index contributed by atoms with van der Waals surface area (Å²) in [7, 11) is 0. The van der Waals surface area contributed by atoms with Gasteiger partial charge in [-0.3, -0.25) is 9.59 Å². The first kappa shape index (κ1) is 15.5. The van der Waals surface area contributed by atoms with Crippen LogP contribution in [0.25, 0.3) is 0 Å². The quantitative estimate of drug-likeness (QED) is 0.919. The van der Waals surface area contributed by atoms with Crippen molar-refractivity contribution in [2.24, 2.45) is 5.92 Å². The van der Waals surface area contributed by atoms with Gasteiger partial charge in [0, 0.05) is 31.2 Å². The standard InChI is InChI=1S/C15H24N4O2/c1-9(2)15(21)19-7-6-18-8-12(14(20)16-10(3)4)17-13(18)11(19)5/h8-11H,6-7H2,1-5H3,(H,16,20). The maximum absolute atomic E-state index is 12.2. The lowest BCUT2D eigenvalue weighted by Crippen LogP contribution is -2.42. The van der Waals surface area contributed by atoms with Gasteiger partial charge in [-0.05, 0) is 20.8 Å². The van der Waals surface area contributed by atoms with Gasteiger partial charge in [0.25, 0.3) is 5.91 Å². The molecular formula is C15H24N4O2. The van der Waals surface area contributed by atoms with Gasteiger partial charge in [-0.15, -0.1) is 0 Å². The summed E-state index contributed by atoms with van der Waals surface area (Å²) in [5.74, 6) is 0.715. The lowest BCUT2D eigenvalue weighted by atomic mass is 10.1. The van der Waals surface area contributed by atoms with Crippen molar-refractivity contribution in [3.05, 3.63) is 17.7 Å². The van der Waals surface area contributed by atoms with Crippen LogP contribution in [0, 0.1) is 5.92 Å². The van der Waals surface area contributed by atoms with Crippen LogP contribution in [0.3, 0.4) is 0 Å². The van der Waals surface area contributed by atoms with E-state index in [2.05, 4.69) is 10.3 Å². The normalized spacial score (nSPS) is 18.0. The van der Waals surface area contributed by atoms with Crippen LogP contribution in [0.5, 0.6) is 0 Å². The highest BCUT2D eigenvalue weighted by atomic mass is 16.2. The van der Waals surface area contributed by atoms with Gasteiger partial charge in [-0.25, -0.2) is 4.98 Å². The largest absolute Gasteiger partial charge is 0.348 e. The average Bonchev–Trinajstić information content (AvgIpc) is 2.82. The van der Waals surface area contributed by atoms with Crippen LogP contribution in [-0.4, -0.2) is 38.9 Å². The van der Waals surface area contributed by atoms with Crippen molar-refractivity contribution < 1.29 is 9.59 Å². The number of carbonyl (C=O) groups is 2. The van der Waals surface area contributed by atoms with Gasteiger partial charge in [0.1, 0.15) is 11.5 Å². The minimum absolute atomic E-state index is 0.0299. The summed E-state index contributed by atoms with van der Waals surface area (Å²) in [4.78, 5) is 30.5. The molecule has 0 bridgehead atoms. The zero-order valence-corrected chi connectivity index (χ0v) is 13.4. The predicted molar refractivity (Wildman–Crippen MR) is 79.8 cm³/mol. The fourth-order valence-electron chi connectivity index (χ4n) is 2.57. The molecule has 0 spiro atoms. The number of nitrogens with zero attached hydrogens (tertiary/aromatic N) is 3. The Bertz CT molecular complexity index is 548. The van der Waals surface area contributed by atoms with Crippen LogP contribution in [0.2, 0.25) is 0 Å². The van der Waals surface area contributed by atoms with Gasteiger partial charge in [0.15, 0.2) is 0 Å². The van der Waals surface area contributed by atoms with Gasteiger partial charge >= 0.3 is 0 Å². The van der Waals surface area contributed by atoms with Crippen molar-refractivity contribution in [2.45, 2.75) is 53.2 Å². The van der Waals surface area contributed by atoms with Gasteiger partial charge in [-0.2, -0.15) is 0 Å². The molecule has 6 heteroatoms. The molecule has 2 amide bonds. The molecule has 0 aliphatic carbocycles. The van der Waals surface area contributed by atoms with E-state index in [0.29, 0.717) is 18.8 Å². The lowest BCUT2D eigenvalue weighted by molar-refractivity contribution is -0.137. The number of nitrogens with one attached hydrogen (secondary N) is 1. The van der Waals surface area contributed by atoms with E-state index in [-0.39, 0.29) is 29.8 Å². The number of aromatic nitrogens is 2. The molecule has 1 aromatic rings. The third kappa shape index (κ3) is 3.09. The Morgan fingerprint density at radius 1 is 1.29 bits per heavy atom. The van der Waals surface area contributed by atoms with Crippen molar-refractivity contribution in [3.8, 4) is 0 Å². The van der Waals surface area contributed by atoms with Crippen molar-refractivity contribution >= 4 is 11.8 Å². The van der Waals surface area contributed by atoms with Crippen LogP contribution >= 0.6 is 0 Å². The second-order valence-electron chi connectivity index (χ2n) is 6.17. The van der Waals surface area contributed by atoms with Crippen LogP contribution < -0.4 is 5.32 Å². The third-order valence-corrected chi connectivity index (χ3v) is 3.66. The Kier molecular flexibility index (Phi) is 4.34. The minimum Gasteiger partial charge on any atom is -0.348 e. The third-order valence-electron chi connectivity index (χ3n) is 3.66. The summed E-state index contributed by atoms with van der Waals surface area (Å²) < 4.78 is 1.98. The fraction of sp³-hybridized carbons (Fsp3) is 0.667. The topological polar surface area (TPSA) is 67.2 Å². The van der Waals surface area contributed by atoms with E-state index in [1.54, 1.807) is 6.20 Å². The Morgan fingerprint density at radius 2 is 1.95 bits per heavy atom. The van der Waals surface area contributed by atoms with E-state index >= 15 is 0 Å². The zero-order chi connectivity index (χ0) is 15.7. The van der Waals surface area contributed by atoms with E-state index in [0.717, 1.165) is 5.82 Å². The number of amides is 2. The van der Waals surface area contributed by atoms with Gasteiger partial charge in [0.2, 0.25) is 5.91 Å². The summed E-state index contributed by atoms with van der Waals surface area (Å²) >= 11 is 0. The van der Waals surface area contributed by atoms with Gasteiger partial charge < -0.3 is 14.8 Å². The molecule has 116 valence electrons. The number of carbonyl (C=O) groups excluding carboxylic acids is 2. The Morgan fingerprint density at radius 3 is 2.52 bits per heavy atom. The molecule has 1 atom stereocenters. The molecule has 0 saturated heterocycles. The highest BCUT2D eigenvalue weighted by Crippen LogP contribution is 2.26. The number of imidazole rings is 1. The molecule has 0 aromatic carbocycles. The zero-order valence-electron chi connectivity index (χ0n) is 13.4. The molecule has 21 heavy (non-hydrogen) atoms. The monoisotopic (exact) mass is 292 g/mol. The van der Waals surface area contributed by atoms with E-state index < -0.39 is 0 Å². The number of rotatable bonds is 3. The highest BCUT2D eigenvalue weighted by molar-refractivity contribution is 5.92. The molecule has 1 N–H and O–H groups in total. The van der Waals surface area contributed by atoms with Crippen molar-refractivity contribution in [2.75, 3.05) is 6.54 Å². The second-order valence-corrected chi connectivity index (χ2v) is 6.17. The SMILES string of the molecule is CC(C)NC(=O)c1cn2c(n1)C(C)N(C(=O)C(C)C)CC2. The molecule has 1 aliphatic heterocycles. The minimum atomic E-state index is -0.166. The van der Waals surface area contributed by atoms with E-state index in [9.17, 15) is 9.59 Å². The van der Waals surface area contributed by atoms with Gasteiger partial charge in [0.05, 0.1) is 6.04 Å². The van der Waals surface area contributed by atoms with Crippen LogP contribution in [-0.2, 0) is 11.3 Å². The fourth-order valence-corrected chi connectivity index (χ4v) is 2.57. The van der Waals surface area contributed by atoms with Crippen molar-refractivity contribution in [3.63, 3.8) is 0 Å². The molecular weight excluding hydrogens is 268 g/mol. The maximum atomic E-state index is 12.2. The molecule has 0 saturated carbocycles. The Balaban J connectivity index is 2.22. The smallest absolute Gasteiger partial charge is 0.271 e. The molecule has 1 unspecified atom stereocenters.